The molecule has 1 aliphatic rings. The molecule has 1 fully saturated rings. The Labute approximate surface area is 206 Å². The number of nitrogens with zero attached hydrogens (tertiary/aromatic N) is 5. The highest BCUT2D eigenvalue weighted by atomic mass is 32.2. The summed E-state index contributed by atoms with van der Waals surface area (Å²) in [5.41, 5.74) is 4.52. The number of aryl methyl sites for hydroxylation is 3. The zero-order valence-corrected chi connectivity index (χ0v) is 21.3. The minimum absolute atomic E-state index is 0.00106. The molecule has 0 radical (unpaired) electrons. The molecule has 3 aromatic rings. The second-order valence-corrected chi connectivity index (χ2v) is 10.0. The Kier molecular flexibility index (Phi) is 8.03. The standard InChI is InChI=1S/C26H34N6OS/c1-19-10-11-20(2)24(16-19)32-21(3)28-29-26(32)34-18-25(33)27-23(22-8-6-5-7-9-22)17-31-14-12-30(4)13-15-31/h5-11,16,23H,12-15,17-18H2,1-4H3,(H,27,33). The van der Waals surface area contributed by atoms with Gasteiger partial charge in [0.1, 0.15) is 5.82 Å². The van der Waals surface area contributed by atoms with Crippen LogP contribution >= 0.6 is 11.8 Å². The summed E-state index contributed by atoms with van der Waals surface area (Å²) < 4.78 is 2.04. The van der Waals surface area contributed by atoms with Crippen LogP contribution in [0.2, 0.25) is 0 Å². The van der Waals surface area contributed by atoms with Crippen LogP contribution in [0.25, 0.3) is 5.69 Å². The molecule has 0 aliphatic carbocycles. The Morgan fingerprint density at radius 3 is 2.50 bits per heavy atom. The molecule has 7 nitrogen and oxygen atoms in total. The number of amides is 1. The van der Waals surface area contributed by atoms with E-state index in [9.17, 15) is 4.79 Å². The Morgan fingerprint density at radius 1 is 1.03 bits per heavy atom. The van der Waals surface area contributed by atoms with Gasteiger partial charge in [-0.1, -0.05) is 54.2 Å². The van der Waals surface area contributed by atoms with Crippen molar-refractivity contribution in [2.75, 3.05) is 45.5 Å². The van der Waals surface area contributed by atoms with E-state index in [0.29, 0.717) is 0 Å². The molecular weight excluding hydrogens is 444 g/mol. The molecule has 34 heavy (non-hydrogen) atoms. The first-order valence-corrected chi connectivity index (χ1v) is 12.8. The summed E-state index contributed by atoms with van der Waals surface area (Å²) in [6.45, 7) is 11.1. The first-order valence-electron chi connectivity index (χ1n) is 11.8. The highest BCUT2D eigenvalue weighted by Crippen LogP contribution is 2.25. The van der Waals surface area contributed by atoms with Gasteiger partial charge in [-0.05, 0) is 50.6 Å². The van der Waals surface area contributed by atoms with Gasteiger partial charge < -0.3 is 10.2 Å². The van der Waals surface area contributed by atoms with Crippen LogP contribution in [0, 0.1) is 20.8 Å². The quantitative estimate of drug-likeness (QED) is 0.501. The van der Waals surface area contributed by atoms with E-state index in [2.05, 4.69) is 76.5 Å². The molecule has 1 aliphatic heterocycles. The highest BCUT2D eigenvalue weighted by Gasteiger charge is 2.22. The second-order valence-electron chi connectivity index (χ2n) is 9.08. The molecule has 1 saturated heterocycles. The molecule has 1 unspecified atom stereocenters. The molecular formula is C26H34N6OS. The van der Waals surface area contributed by atoms with Crippen molar-refractivity contribution in [2.45, 2.75) is 32.0 Å². The van der Waals surface area contributed by atoms with Crippen LogP contribution in [0.4, 0.5) is 0 Å². The lowest BCUT2D eigenvalue weighted by atomic mass is 10.1. The Balaban J connectivity index is 1.44. The zero-order valence-electron chi connectivity index (χ0n) is 20.5. The molecule has 1 aromatic heterocycles. The van der Waals surface area contributed by atoms with Crippen molar-refractivity contribution in [1.29, 1.82) is 0 Å². The summed E-state index contributed by atoms with van der Waals surface area (Å²) in [4.78, 5) is 17.8. The molecule has 2 heterocycles. The van der Waals surface area contributed by atoms with Gasteiger partial charge in [-0.15, -0.1) is 10.2 Å². The summed E-state index contributed by atoms with van der Waals surface area (Å²) in [6, 6.07) is 16.6. The van der Waals surface area contributed by atoms with E-state index < -0.39 is 0 Å². The van der Waals surface area contributed by atoms with Crippen molar-refractivity contribution >= 4 is 17.7 Å². The number of piperazine rings is 1. The molecule has 1 N–H and O–H groups in total. The van der Waals surface area contributed by atoms with Crippen molar-refractivity contribution in [3.05, 3.63) is 71.0 Å². The average Bonchev–Trinajstić information content (AvgIpc) is 3.21. The van der Waals surface area contributed by atoms with E-state index >= 15 is 0 Å². The predicted octanol–water partition coefficient (Wildman–Crippen LogP) is 3.39. The van der Waals surface area contributed by atoms with E-state index in [1.54, 1.807) is 0 Å². The third-order valence-electron chi connectivity index (χ3n) is 6.31. The maximum Gasteiger partial charge on any atom is 0.231 e. The molecule has 0 spiro atoms. The number of rotatable bonds is 8. The van der Waals surface area contributed by atoms with E-state index in [-0.39, 0.29) is 17.7 Å². The second kappa shape index (κ2) is 11.2. The van der Waals surface area contributed by atoms with E-state index in [4.69, 9.17) is 0 Å². The fourth-order valence-electron chi connectivity index (χ4n) is 4.25. The minimum atomic E-state index is -0.0451. The van der Waals surface area contributed by atoms with Gasteiger partial charge in [-0.2, -0.15) is 0 Å². The summed E-state index contributed by atoms with van der Waals surface area (Å²) >= 11 is 1.43. The van der Waals surface area contributed by atoms with Crippen LogP contribution in [0.3, 0.4) is 0 Å². The minimum Gasteiger partial charge on any atom is -0.347 e. The summed E-state index contributed by atoms with van der Waals surface area (Å²) in [7, 11) is 2.16. The number of aromatic nitrogens is 3. The van der Waals surface area contributed by atoms with Crippen molar-refractivity contribution in [1.82, 2.24) is 29.9 Å². The van der Waals surface area contributed by atoms with Crippen LogP contribution < -0.4 is 5.32 Å². The molecule has 2 aromatic carbocycles. The van der Waals surface area contributed by atoms with Gasteiger partial charge >= 0.3 is 0 Å². The van der Waals surface area contributed by atoms with Gasteiger partial charge in [0.25, 0.3) is 0 Å². The van der Waals surface area contributed by atoms with Crippen molar-refractivity contribution in [2.24, 2.45) is 0 Å². The Morgan fingerprint density at radius 2 is 1.76 bits per heavy atom. The molecule has 180 valence electrons. The van der Waals surface area contributed by atoms with Gasteiger partial charge in [0, 0.05) is 32.7 Å². The number of carbonyl (C=O) groups is 1. The number of nitrogens with one attached hydrogen (secondary N) is 1. The Bertz CT molecular complexity index is 1110. The SMILES string of the molecule is Cc1ccc(C)c(-n2c(C)nnc2SCC(=O)NC(CN2CCN(C)CC2)c2ccccc2)c1. The predicted molar refractivity (Wildman–Crippen MR) is 138 cm³/mol. The normalized spacial score (nSPS) is 15.9. The average molecular weight is 479 g/mol. The largest absolute Gasteiger partial charge is 0.347 e. The fourth-order valence-corrected chi connectivity index (χ4v) is 5.05. The lowest BCUT2D eigenvalue weighted by Crippen LogP contribution is -2.48. The maximum atomic E-state index is 13.1. The molecule has 1 atom stereocenters. The van der Waals surface area contributed by atoms with Crippen LogP contribution in [-0.4, -0.2) is 76.0 Å². The molecule has 1 amide bonds. The van der Waals surface area contributed by atoms with Gasteiger partial charge in [-0.25, -0.2) is 0 Å². The lowest BCUT2D eigenvalue weighted by Gasteiger charge is -2.35. The third kappa shape index (κ3) is 6.05. The highest BCUT2D eigenvalue weighted by molar-refractivity contribution is 7.99. The van der Waals surface area contributed by atoms with Gasteiger partial charge in [0.05, 0.1) is 17.5 Å². The molecule has 0 saturated carbocycles. The number of benzene rings is 2. The molecule has 8 heteroatoms. The van der Waals surface area contributed by atoms with Crippen LogP contribution in [0.15, 0.2) is 53.7 Å². The zero-order chi connectivity index (χ0) is 24.1. The number of hydrogen-bond acceptors (Lipinski definition) is 6. The fraction of sp³-hybridized carbons (Fsp3) is 0.423. The first-order chi connectivity index (χ1) is 16.4. The number of hydrogen-bond donors (Lipinski definition) is 1. The van der Waals surface area contributed by atoms with Crippen molar-refractivity contribution in [3.63, 3.8) is 0 Å². The monoisotopic (exact) mass is 478 g/mol. The van der Waals surface area contributed by atoms with Gasteiger partial charge in [0.2, 0.25) is 5.91 Å². The van der Waals surface area contributed by atoms with Gasteiger partial charge in [-0.3, -0.25) is 14.3 Å². The van der Waals surface area contributed by atoms with E-state index in [1.807, 2.05) is 29.7 Å². The first kappa shape index (κ1) is 24.4. The third-order valence-corrected chi connectivity index (χ3v) is 7.24. The summed E-state index contributed by atoms with van der Waals surface area (Å²) in [6.07, 6.45) is 0. The lowest BCUT2D eigenvalue weighted by molar-refractivity contribution is -0.119. The number of thioether (sulfide) groups is 1. The van der Waals surface area contributed by atoms with Crippen LogP contribution in [0.1, 0.15) is 28.6 Å². The summed E-state index contributed by atoms with van der Waals surface area (Å²) in [5.74, 6) is 1.10. The molecule has 0 bridgehead atoms. The van der Waals surface area contributed by atoms with Gasteiger partial charge in [0.15, 0.2) is 5.16 Å². The van der Waals surface area contributed by atoms with E-state index in [1.165, 1.54) is 17.3 Å². The van der Waals surface area contributed by atoms with E-state index in [0.717, 1.165) is 60.5 Å². The molecule has 4 rings (SSSR count). The van der Waals surface area contributed by atoms with Crippen molar-refractivity contribution in [3.8, 4) is 5.69 Å². The van der Waals surface area contributed by atoms with Crippen molar-refractivity contribution < 1.29 is 4.79 Å². The smallest absolute Gasteiger partial charge is 0.231 e. The maximum absolute atomic E-state index is 13.1. The Hall–Kier alpha value is -2.68. The van der Waals surface area contributed by atoms with Crippen LogP contribution in [-0.2, 0) is 4.79 Å². The van der Waals surface area contributed by atoms with Crippen LogP contribution in [0.5, 0.6) is 0 Å². The topological polar surface area (TPSA) is 66.3 Å². The summed E-state index contributed by atoms with van der Waals surface area (Å²) in [5, 5.41) is 12.6. The number of likely N-dealkylation sites (N-methyl/N-ethyl adjacent to an activating group) is 1. The number of carbonyl (C=O) groups excluding carboxylic acids is 1.